The zero-order valence-corrected chi connectivity index (χ0v) is 16.5. The van der Waals surface area contributed by atoms with Crippen LogP contribution in [0.25, 0.3) is 0 Å². The number of allylic oxidation sites excluding steroid dienone is 1. The molecule has 1 fully saturated rings. The van der Waals surface area contributed by atoms with E-state index in [1.54, 1.807) is 0 Å². The molecule has 2 aromatic rings. The fourth-order valence-corrected chi connectivity index (χ4v) is 3.13. The van der Waals surface area contributed by atoms with Crippen molar-refractivity contribution >= 4 is 11.6 Å². The average Bonchev–Trinajstić information content (AvgIpc) is 3.28. The van der Waals surface area contributed by atoms with E-state index in [-0.39, 0.29) is 24.0 Å². The van der Waals surface area contributed by atoms with E-state index in [4.69, 9.17) is 20.3 Å². The fraction of sp³-hybridized carbons (Fsp3) is 0.280. The second-order valence-corrected chi connectivity index (χ2v) is 7.05. The van der Waals surface area contributed by atoms with Crippen molar-refractivity contribution in [1.29, 1.82) is 10.8 Å². The monoisotopic (exact) mass is 386 g/mol. The number of hydrogen-bond donors (Lipinski definition) is 2. The summed E-state index contributed by atoms with van der Waals surface area (Å²) in [6, 6.07) is 19.4. The quantitative estimate of drug-likeness (QED) is 0.286. The molecule has 0 amide bonds. The van der Waals surface area contributed by atoms with Crippen molar-refractivity contribution in [3.63, 3.8) is 0 Å². The molecule has 0 unspecified atom stereocenters. The molecular formula is C25H26N2O2. The largest absolute Gasteiger partial charge is 0.483 e. The van der Waals surface area contributed by atoms with Crippen LogP contribution in [0.1, 0.15) is 36.8 Å². The Balaban J connectivity index is 1.67. The van der Waals surface area contributed by atoms with Crippen LogP contribution in [-0.4, -0.2) is 11.6 Å². The van der Waals surface area contributed by atoms with Crippen molar-refractivity contribution in [2.45, 2.75) is 38.9 Å². The molecular weight excluding hydrogens is 360 g/mol. The van der Waals surface area contributed by atoms with Gasteiger partial charge in [-0.05, 0) is 29.9 Å². The SMILES string of the molecule is N=C(C#CC1CCCC1)/C=C(/OCc1ccccc1)C(=N)OCc1ccccc1. The molecule has 0 spiro atoms. The standard InChI is InChI=1S/C25H26N2O2/c26-23(16-15-20-9-7-8-10-20)17-24(28-18-21-11-3-1-4-12-21)25(27)29-19-22-13-5-2-6-14-22/h1-6,11-14,17,20,26-27H,7-10,18-19H2/b24-17+,26-23?,27-25?. The van der Waals surface area contributed by atoms with Gasteiger partial charge in [-0.15, -0.1) is 0 Å². The molecule has 4 nitrogen and oxygen atoms in total. The van der Waals surface area contributed by atoms with Crippen LogP contribution in [0.4, 0.5) is 0 Å². The van der Waals surface area contributed by atoms with Gasteiger partial charge in [0.1, 0.15) is 18.9 Å². The second kappa shape index (κ2) is 10.9. The van der Waals surface area contributed by atoms with Gasteiger partial charge in [0.15, 0.2) is 5.76 Å². The number of benzene rings is 2. The van der Waals surface area contributed by atoms with Crippen LogP contribution < -0.4 is 0 Å². The Bertz CT molecular complexity index is 902. The first kappa shape index (κ1) is 20.4. The first-order valence-electron chi connectivity index (χ1n) is 9.95. The molecule has 0 radical (unpaired) electrons. The van der Waals surface area contributed by atoms with Crippen molar-refractivity contribution < 1.29 is 9.47 Å². The maximum atomic E-state index is 8.29. The van der Waals surface area contributed by atoms with Gasteiger partial charge in [0.05, 0.1) is 0 Å². The Morgan fingerprint density at radius 1 is 0.862 bits per heavy atom. The van der Waals surface area contributed by atoms with Gasteiger partial charge in [0.25, 0.3) is 0 Å². The highest BCUT2D eigenvalue weighted by atomic mass is 16.5. The maximum absolute atomic E-state index is 8.29. The van der Waals surface area contributed by atoms with E-state index in [0.29, 0.717) is 12.5 Å². The average molecular weight is 386 g/mol. The third-order valence-corrected chi connectivity index (χ3v) is 4.73. The minimum absolute atomic E-state index is 0.0998. The Morgan fingerprint density at radius 2 is 1.41 bits per heavy atom. The van der Waals surface area contributed by atoms with Gasteiger partial charge in [-0.3, -0.25) is 10.8 Å². The zero-order valence-electron chi connectivity index (χ0n) is 16.5. The van der Waals surface area contributed by atoms with Gasteiger partial charge in [0.2, 0.25) is 5.90 Å². The minimum Gasteiger partial charge on any atom is -0.483 e. The van der Waals surface area contributed by atoms with E-state index in [9.17, 15) is 0 Å². The van der Waals surface area contributed by atoms with Crippen LogP contribution in [0.3, 0.4) is 0 Å². The van der Waals surface area contributed by atoms with Crippen LogP contribution >= 0.6 is 0 Å². The van der Waals surface area contributed by atoms with Crippen LogP contribution in [-0.2, 0) is 22.7 Å². The summed E-state index contributed by atoms with van der Waals surface area (Å²) in [6.07, 6.45) is 6.13. The van der Waals surface area contributed by atoms with Crippen molar-refractivity contribution in [1.82, 2.24) is 0 Å². The van der Waals surface area contributed by atoms with Gasteiger partial charge >= 0.3 is 0 Å². The lowest BCUT2D eigenvalue weighted by molar-refractivity contribution is 0.191. The molecule has 0 aliphatic heterocycles. The maximum Gasteiger partial charge on any atom is 0.249 e. The summed E-state index contributed by atoms with van der Waals surface area (Å²) in [6.45, 7) is 0.569. The van der Waals surface area contributed by atoms with Gasteiger partial charge in [-0.2, -0.15) is 0 Å². The molecule has 3 rings (SSSR count). The summed E-state index contributed by atoms with van der Waals surface area (Å²) in [5.41, 5.74) is 2.08. The molecule has 0 atom stereocenters. The highest BCUT2D eigenvalue weighted by Crippen LogP contribution is 2.23. The van der Waals surface area contributed by atoms with Gasteiger partial charge in [-0.25, -0.2) is 0 Å². The summed E-state index contributed by atoms with van der Waals surface area (Å²) >= 11 is 0. The molecule has 148 valence electrons. The first-order valence-corrected chi connectivity index (χ1v) is 9.95. The zero-order chi connectivity index (χ0) is 20.3. The molecule has 2 N–H and O–H groups in total. The Labute approximate surface area is 172 Å². The highest BCUT2D eigenvalue weighted by molar-refractivity contribution is 6.10. The lowest BCUT2D eigenvalue weighted by Gasteiger charge is -2.13. The van der Waals surface area contributed by atoms with E-state index < -0.39 is 0 Å². The number of ether oxygens (including phenoxy) is 2. The normalized spacial score (nSPS) is 14.0. The molecule has 1 aliphatic carbocycles. The van der Waals surface area contributed by atoms with Crippen molar-refractivity contribution in [2.24, 2.45) is 5.92 Å². The van der Waals surface area contributed by atoms with Gasteiger partial charge < -0.3 is 9.47 Å². The highest BCUT2D eigenvalue weighted by Gasteiger charge is 2.13. The number of hydrogen-bond acceptors (Lipinski definition) is 4. The fourth-order valence-electron chi connectivity index (χ4n) is 3.13. The van der Waals surface area contributed by atoms with E-state index in [1.807, 2.05) is 60.7 Å². The molecule has 0 saturated heterocycles. The van der Waals surface area contributed by atoms with E-state index in [1.165, 1.54) is 18.9 Å². The third kappa shape index (κ3) is 6.97. The lowest BCUT2D eigenvalue weighted by Crippen LogP contribution is -2.12. The summed E-state index contributed by atoms with van der Waals surface area (Å²) < 4.78 is 11.4. The molecule has 2 aromatic carbocycles. The first-order chi connectivity index (χ1) is 14.2. The topological polar surface area (TPSA) is 66.2 Å². The molecule has 1 saturated carbocycles. The van der Waals surface area contributed by atoms with Crippen LogP contribution in [0, 0.1) is 28.6 Å². The molecule has 1 aliphatic rings. The third-order valence-electron chi connectivity index (χ3n) is 4.73. The lowest BCUT2D eigenvalue weighted by atomic mass is 10.1. The smallest absolute Gasteiger partial charge is 0.249 e. The van der Waals surface area contributed by atoms with Gasteiger partial charge in [0, 0.05) is 12.0 Å². The summed E-state index contributed by atoms with van der Waals surface area (Å²) in [4.78, 5) is 0. The van der Waals surface area contributed by atoms with Crippen LogP contribution in [0.5, 0.6) is 0 Å². The van der Waals surface area contributed by atoms with E-state index in [0.717, 1.165) is 24.0 Å². The Kier molecular flexibility index (Phi) is 7.65. The summed E-state index contributed by atoms with van der Waals surface area (Å²) in [7, 11) is 0. The minimum atomic E-state index is -0.0998. The number of nitrogens with one attached hydrogen (secondary N) is 2. The number of rotatable bonds is 7. The Hall–Kier alpha value is -3.32. The molecule has 4 heteroatoms. The molecule has 0 bridgehead atoms. The predicted molar refractivity (Wildman–Crippen MR) is 116 cm³/mol. The van der Waals surface area contributed by atoms with E-state index >= 15 is 0 Å². The van der Waals surface area contributed by atoms with Crippen molar-refractivity contribution in [3.05, 3.63) is 83.6 Å². The van der Waals surface area contributed by atoms with Crippen LogP contribution in [0.15, 0.2) is 72.5 Å². The van der Waals surface area contributed by atoms with Crippen molar-refractivity contribution in [3.8, 4) is 11.8 Å². The summed E-state index contributed by atoms with van der Waals surface area (Å²) in [5.74, 6) is 6.58. The molecule has 0 aromatic heterocycles. The van der Waals surface area contributed by atoms with Crippen molar-refractivity contribution in [2.75, 3.05) is 0 Å². The van der Waals surface area contributed by atoms with Crippen LogP contribution in [0.2, 0.25) is 0 Å². The van der Waals surface area contributed by atoms with E-state index in [2.05, 4.69) is 11.8 Å². The molecule has 29 heavy (non-hydrogen) atoms. The second-order valence-electron chi connectivity index (χ2n) is 7.05. The molecule has 0 heterocycles. The summed E-state index contributed by atoms with van der Waals surface area (Å²) in [5, 5.41) is 16.5. The predicted octanol–water partition coefficient (Wildman–Crippen LogP) is 5.49. The Morgan fingerprint density at radius 3 is 2.00 bits per heavy atom. The van der Waals surface area contributed by atoms with Gasteiger partial charge in [-0.1, -0.05) is 79.4 Å².